The third-order valence-corrected chi connectivity index (χ3v) is 2.94. The first-order valence-corrected chi connectivity index (χ1v) is 5.63. The molecule has 0 bridgehead atoms. The minimum Gasteiger partial charge on any atom is -0.314 e. The van der Waals surface area contributed by atoms with Crippen LogP contribution in [0.3, 0.4) is 0 Å². The largest absolute Gasteiger partial charge is 0.314 e. The Kier molecular flexibility index (Phi) is 3.26. The summed E-state index contributed by atoms with van der Waals surface area (Å²) in [4.78, 5) is 4.31. The maximum atomic E-state index is 13.0. The molecule has 0 radical (unpaired) electrons. The third kappa shape index (κ3) is 2.25. The Bertz CT molecular complexity index is 496. The lowest BCUT2D eigenvalue weighted by molar-refractivity contribution is 0.509. The second kappa shape index (κ2) is 4.67. The summed E-state index contributed by atoms with van der Waals surface area (Å²) in [6, 6.07) is 3.80. The van der Waals surface area contributed by atoms with Gasteiger partial charge in [-0.05, 0) is 25.2 Å². The number of nitrogens with one attached hydrogen (secondary N) is 1. The average Bonchev–Trinajstić information content (AvgIpc) is 2.71. The minimum atomic E-state index is -0.847. The molecule has 84 valence electrons. The molecule has 2 rings (SSSR count). The van der Waals surface area contributed by atoms with E-state index >= 15 is 0 Å². The molecule has 0 aliphatic rings. The maximum absolute atomic E-state index is 13.0. The summed E-state index contributed by atoms with van der Waals surface area (Å²) in [6.07, 6.45) is 0. The van der Waals surface area contributed by atoms with Gasteiger partial charge in [0.15, 0.2) is 11.6 Å². The van der Waals surface area contributed by atoms with Gasteiger partial charge in [0.1, 0.15) is 5.01 Å². The zero-order valence-electron chi connectivity index (χ0n) is 8.63. The Morgan fingerprint density at radius 3 is 2.81 bits per heavy atom. The van der Waals surface area contributed by atoms with Crippen LogP contribution < -0.4 is 5.32 Å². The highest BCUT2D eigenvalue weighted by Crippen LogP contribution is 2.23. The summed E-state index contributed by atoms with van der Waals surface area (Å²) < 4.78 is 25.7. The van der Waals surface area contributed by atoms with E-state index in [0.29, 0.717) is 17.8 Å². The van der Waals surface area contributed by atoms with Crippen molar-refractivity contribution in [2.45, 2.75) is 6.54 Å². The normalized spacial score (nSPS) is 10.7. The van der Waals surface area contributed by atoms with Crippen molar-refractivity contribution >= 4 is 11.3 Å². The Hall–Kier alpha value is -1.33. The summed E-state index contributed by atoms with van der Waals surface area (Å²) in [6.45, 7) is 0.675. The quantitative estimate of drug-likeness (QED) is 0.892. The highest BCUT2D eigenvalue weighted by atomic mass is 32.1. The van der Waals surface area contributed by atoms with Gasteiger partial charge in [0.25, 0.3) is 0 Å². The molecule has 1 heterocycles. The standard InChI is InChI=1S/C11H10F2N2S/c1-14-5-11-15-10(6-16-11)7-2-3-8(12)9(13)4-7/h2-4,6,14H,5H2,1H3. The predicted molar refractivity (Wildman–Crippen MR) is 60.2 cm³/mol. The highest BCUT2D eigenvalue weighted by molar-refractivity contribution is 7.09. The smallest absolute Gasteiger partial charge is 0.159 e. The van der Waals surface area contributed by atoms with Crippen molar-refractivity contribution in [1.82, 2.24) is 10.3 Å². The number of hydrogen-bond acceptors (Lipinski definition) is 3. The molecule has 0 spiro atoms. The van der Waals surface area contributed by atoms with Gasteiger partial charge in [-0.1, -0.05) is 0 Å². The van der Waals surface area contributed by atoms with E-state index in [1.807, 2.05) is 12.4 Å². The summed E-state index contributed by atoms with van der Waals surface area (Å²) in [5.41, 5.74) is 1.27. The van der Waals surface area contributed by atoms with Gasteiger partial charge < -0.3 is 5.32 Å². The van der Waals surface area contributed by atoms with E-state index < -0.39 is 11.6 Å². The van der Waals surface area contributed by atoms with E-state index in [0.717, 1.165) is 17.1 Å². The molecule has 0 saturated carbocycles. The zero-order chi connectivity index (χ0) is 11.5. The lowest BCUT2D eigenvalue weighted by Gasteiger charge is -1.97. The van der Waals surface area contributed by atoms with Crippen molar-refractivity contribution in [1.29, 1.82) is 0 Å². The van der Waals surface area contributed by atoms with Gasteiger partial charge in [0.2, 0.25) is 0 Å². The van der Waals surface area contributed by atoms with Crippen LogP contribution in [0.5, 0.6) is 0 Å². The van der Waals surface area contributed by atoms with Gasteiger partial charge in [-0.15, -0.1) is 11.3 Å². The van der Waals surface area contributed by atoms with Crippen LogP contribution in [0.2, 0.25) is 0 Å². The van der Waals surface area contributed by atoms with E-state index in [-0.39, 0.29) is 0 Å². The molecule has 0 atom stereocenters. The maximum Gasteiger partial charge on any atom is 0.159 e. The number of hydrogen-bond donors (Lipinski definition) is 1. The lowest BCUT2D eigenvalue weighted by atomic mass is 10.2. The topological polar surface area (TPSA) is 24.9 Å². The van der Waals surface area contributed by atoms with Gasteiger partial charge in [-0.25, -0.2) is 13.8 Å². The molecule has 0 saturated heterocycles. The van der Waals surface area contributed by atoms with Gasteiger partial charge in [0.05, 0.1) is 5.69 Å². The van der Waals surface area contributed by atoms with E-state index in [2.05, 4.69) is 10.3 Å². The molecule has 1 N–H and O–H groups in total. The van der Waals surface area contributed by atoms with Crippen molar-refractivity contribution in [3.8, 4) is 11.3 Å². The summed E-state index contributed by atoms with van der Waals surface area (Å²) in [5, 5.41) is 5.73. The van der Waals surface area contributed by atoms with Crippen LogP contribution in [0.1, 0.15) is 5.01 Å². The first-order chi connectivity index (χ1) is 7.70. The second-order valence-electron chi connectivity index (χ2n) is 3.29. The number of benzene rings is 1. The average molecular weight is 240 g/mol. The molecule has 2 aromatic rings. The highest BCUT2D eigenvalue weighted by Gasteiger charge is 2.07. The van der Waals surface area contributed by atoms with Crippen molar-refractivity contribution in [2.24, 2.45) is 0 Å². The number of nitrogens with zero attached hydrogens (tertiary/aromatic N) is 1. The summed E-state index contributed by atoms with van der Waals surface area (Å²) in [7, 11) is 1.83. The number of aromatic nitrogens is 1. The molecule has 2 nitrogen and oxygen atoms in total. The van der Waals surface area contributed by atoms with Gasteiger partial charge >= 0.3 is 0 Å². The Morgan fingerprint density at radius 2 is 2.12 bits per heavy atom. The lowest BCUT2D eigenvalue weighted by Crippen LogP contribution is -2.04. The fourth-order valence-electron chi connectivity index (χ4n) is 1.33. The van der Waals surface area contributed by atoms with Crippen molar-refractivity contribution in [2.75, 3.05) is 7.05 Å². The number of thiazole rings is 1. The Labute approximate surface area is 96.0 Å². The van der Waals surface area contributed by atoms with E-state index in [4.69, 9.17) is 0 Å². The molecule has 0 aliphatic carbocycles. The fourth-order valence-corrected chi connectivity index (χ4v) is 2.15. The van der Waals surface area contributed by atoms with Gasteiger partial charge in [0, 0.05) is 17.5 Å². The Morgan fingerprint density at radius 1 is 1.31 bits per heavy atom. The molecule has 0 fully saturated rings. The molecule has 0 amide bonds. The predicted octanol–water partition coefficient (Wildman–Crippen LogP) is 2.81. The molecular weight excluding hydrogens is 230 g/mol. The monoisotopic (exact) mass is 240 g/mol. The van der Waals surface area contributed by atoms with Crippen LogP contribution in [0, 0.1) is 11.6 Å². The van der Waals surface area contributed by atoms with Crippen molar-refractivity contribution < 1.29 is 8.78 Å². The summed E-state index contributed by atoms with van der Waals surface area (Å²) in [5.74, 6) is -1.69. The molecule has 16 heavy (non-hydrogen) atoms. The summed E-state index contributed by atoms with van der Waals surface area (Å²) >= 11 is 1.49. The van der Waals surface area contributed by atoms with Gasteiger partial charge in [-0.2, -0.15) is 0 Å². The zero-order valence-corrected chi connectivity index (χ0v) is 9.44. The second-order valence-corrected chi connectivity index (χ2v) is 4.23. The van der Waals surface area contributed by atoms with Crippen LogP contribution in [0.25, 0.3) is 11.3 Å². The third-order valence-electron chi connectivity index (χ3n) is 2.10. The van der Waals surface area contributed by atoms with Crippen molar-refractivity contribution in [3.63, 3.8) is 0 Å². The molecule has 1 aromatic carbocycles. The minimum absolute atomic E-state index is 0.595. The van der Waals surface area contributed by atoms with Crippen LogP contribution >= 0.6 is 11.3 Å². The number of halogens is 2. The van der Waals surface area contributed by atoms with E-state index in [9.17, 15) is 8.78 Å². The molecule has 5 heteroatoms. The first kappa shape index (κ1) is 11.2. The molecule has 0 unspecified atom stereocenters. The van der Waals surface area contributed by atoms with Crippen LogP contribution in [0.4, 0.5) is 8.78 Å². The van der Waals surface area contributed by atoms with E-state index in [1.165, 1.54) is 17.4 Å². The van der Waals surface area contributed by atoms with E-state index in [1.54, 1.807) is 0 Å². The molecule has 1 aromatic heterocycles. The fraction of sp³-hybridized carbons (Fsp3) is 0.182. The first-order valence-electron chi connectivity index (χ1n) is 4.75. The van der Waals surface area contributed by atoms with Gasteiger partial charge in [-0.3, -0.25) is 0 Å². The van der Waals surface area contributed by atoms with Crippen molar-refractivity contribution in [3.05, 3.63) is 40.2 Å². The Balaban J connectivity index is 2.31. The van der Waals surface area contributed by atoms with Crippen LogP contribution in [-0.4, -0.2) is 12.0 Å². The SMILES string of the molecule is CNCc1nc(-c2ccc(F)c(F)c2)cs1. The van der Waals surface area contributed by atoms with Crippen LogP contribution in [-0.2, 0) is 6.54 Å². The molecular formula is C11H10F2N2S. The molecule has 0 aliphatic heterocycles. The van der Waals surface area contributed by atoms with Crippen LogP contribution in [0.15, 0.2) is 23.6 Å². The number of rotatable bonds is 3.